The summed E-state index contributed by atoms with van der Waals surface area (Å²) in [5.74, 6) is 0. The number of aryl methyl sites for hydroxylation is 1. The Bertz CT molecular complexity index is 258. The number of anilines is 1. The zero-order valence-corrected chi connectivity index (χ0v) is 9.68. The van der Waals surface area contributed by atoms with Gasteiger partial charge < -0.3 is 5.32 Å². The fraction of sp³-hybridized carbons (Fsp3) is 0.400. The van der Waals surface area contributed by atoms with E-state index in [1.165, 1.54) is 21.2 Å². The van der Waals surface area contributed by atoms with Crippen LogP contribution in [0, 0.1) is 10.5 Å². The first-order chi connectivity index (χ1) is 5.74. The second-order valence-corrected chi connectivity index (χ2v) is 4.05. The van der Waals surface area contributed by atoms with Gasteiger partial charge in [0.05, 0.1) is 0 Å². The van der Waals surface area contributed by atoms with Crippen LogP contribution in [0.25, 0.3) is 0 Å². The van der Waals surface area contributed by atoms with E-state index in [-0.39, 0.29) is 0 Å². The van der Waals surface area contributed by atoms with Crippen molar-refractivity contribution in [1.82, 2.24) is 0 Å². The summed E-state index contributed by atoms with van der Waals surface area (Å²) >= 11 is 2.36. The molecule has 0 aromatic heterocycles. The average Bonchev–Trinajstić information content (AvgIpc) is 2.07. The lowest BCUT2D eigenvalue weighted by molar-refractivity contribution is 0.979. The third-order valence-corrected chi connectivity index (χ3v) is 2.91. The van der Waals surface area contributed by atoms with Gasteiger partial charge in [0.15, 0.2) is 0 Å². The molecule has 0 spiro atoms. The van der Waals surface area contributed by atoms with E-state index < -0.39 is 0 Å². The molecule has 1 N–H and O–H groups in total. The minimum absolute atomic E-state index is 1.05. The fourth-order valence-corrected chi connectivity index (χ4v) is 1.49. The molecule has 1 aromatic carbocycles. The van der Waals surface area contributed by atoms with Crippen LogP contribution in [0.4, 0.5) is 5.69 Å². The molecule has 0 bridgehead atoms. The van der Waals surface area contributed by atoms with Crippen LogP contribution in [0.3, 0.4) is 0 Å². The van der Waals surface area contributed by atoms with Crippen molar-refractivity contribution in [3.63, 3.8) is 0 Å². The maximum absolute atomic E-state index is 3.36. The predicted molar refractivity (Wildman–Crippen MR) is 62.7 cm³/mol. The minimum atomic E-state index is 1.05. The number of halogens is 1. The monoisotopic (exact) mass is 275 g/mol. The van der Waals surface area contributed by atoms with Crippen LogP contribution < -0.4 is 5.32 Å². The molecular formula is C10H14IN. The van der Waals surface area contributed by atoms with Crippen molar-refractivity contribution in [2.45, 2.75) is 20.3 Å². The second-order valence-electron chi connectivity index (χ2n) is 2.89. The lowest BCUT2D eigenvalue weighted by Gasteiger charge is -2.05. The predicted octanol–water partition coefficient (Wildman–Crippen LogP) is 3.42. The Kier molecular flexibility index (Phi) is 3.85. The number of benzene rings is 1. The number of rotatable bonds is 3. The fourth-order valence-electron chi connectivity index (χ4n) is 0.972. The molecule has 1 aromatic rings. The number of hydrogen-bond acceptors (Lipinski definition) is 1. The van der Waals surface area contributed by atoms with Gasteiger partial charge in [-0.3, -0.25) is 0 Å². The maximum Gasteiger partial charge on any atom is 0.0350 e. The van der Waals surface area contributed by atoms with Crippen molar-refractivity contribution in [2.75, 3.05) is 11.9 Å². The van der Waals surface area contributed by atoms with E-state index in [1.807, 2.05) is 0 Å². The molecule has 66 valence electrons. The average molecular weight is 275 g/mol. The highest BCUT2D eigenvalue weighted by Crippen LogP contribution is 2.16. The summed E-state index contributed by atoms with van der Waals surface area (Å²) in [5.41, 5.74) is 2.57. The summed E-state index contributed by atoms with van der Waals surface area (Å²) < 4.78 is 1.33. The Hall–Kier alpha value is -0.250. The zero-order chi connectivity index (χ0) is 8.97. The highest BCUT2D eigenvalue weighted by molar-refractivity contribution is 14.1. The van der Waals surface area contributed by atoms with Gasteiger partial charge in [0.1, 0.15) is 0 Å². The van der Waals surface area contributed by atoms with Gasteiger partial charge in [-0.25, -0.2) is 0 Å². The first-order valence-electron chi connectivity index (χ1n) is 4.24. The molecule has 1 nitrogen and oxygen atoms in total. The van der Waals surface area contributed by atoms with Crippen LogP contribution >= 0.6 is 22.6 Å². The molecule has 0 saturated heterocycles. The van der Waals surface area contributed by atoms with Gasteiger partial charge in [0, 0.05) is 15.8 Å². The van der Waals surface area contributed by atoms with Gasteiger partial charge in [-0.2, -0.15) is 0 Å². The highest BCUT2D eigenvalue weighted by atomic mass is 127. The summed E-state index contributed by atoms with van der Waals surface area (Å²) in [6, 6.07) is 6.47. The van der Waals surface area contributed by atoms with Crippen LogP contribution in [-0.2, 0) is 0 Å². The van der Waals surface area contributed by atoms with E-state index >= 15 is 0 Å². The van der Waals surface area contributed by atoms with Crippen molar-refractivity contribution in [3.8, 4) is 0 Å². The van der Waals surface area contributed by atoms with E-state index in [9.17, 15) is 0 Å². The Morgan fingerprint density at radius 3 is 2.75 bits per heavy atom. The molecule has 0 fully saturated rings. The lowest BCUT2D eigenvalue weighted by atomic mass is 10.2. The summed E-state index contributed by atoms with van der Waals surface area (Å²) in [7, 11) is 0. The molecule has 2 heteroatoms. The first kappa shape index (κ1) is 9.84. The molecule has 0 aliphatic heterocycles. The van der Waals surface area contributed by atoms with Crippen molar-refractivity contribution >= 4 is 28.3 Å². The van der Waals surface area contributed by atoms with E-state index in [2.05, 4.69) is 60.0 Å². The first-order valence-corrected chi connectivity index (χ1v) is 5.32. The van der Waals surface area contributed by atoms with E-state index in [4.69, 9.17) is 0 Å². The quantitative estimate of drug-likeness (QED) is 0.833. The standard InChI is InChI=1S/C10H14IN/c1-3-6-12-9-5-4-8(2)10(11)7-9/h4-5,7,12H,3,6H2,1-2H3. The Labute approximate surface area is 87.7 Å². The summed E-state index contributed by atoms with van der Waals surface area (Å²) in [6.07, 6.45) is 1.17. The van der Waals surface area contributed by atoms with Gasteiger partial charge in [0.2, 0.25) is 0 Å². The van der Waals surface area contributed by atoms with Crippen molar-refractivity contribution in [3.05, 3.63) is 27.3 Å². The Balaban J connectivity index is 2.69. The molecular weight excluding hydrogens is 261 g/mol. The minimum Gasteiger partial charge on any atom is -0.385 e. The maximum atomic E-state index is 3.36. The summed E-state index contributed by atoms with van der Waals surface area (Å²) in [4.78, 5) is 0. The second kappa shape index (κ2) is 4.70. The third kappa shape index (κ3) is 2.66. The molecule has 0 atom stereocenters. The summed E-state index contributed by atoms with van der Waals surface area (Å²) in [5, 5.41) is 3.36. The molecule has 0 amide bonds. The molecule has 0 unspecified atom stereocenters. The van der Waals surface area contributed by atoms with E-state index in [0.717, 1.165) is 6.54 Å². The molecule has 0 radical (unpaired) electrons. The number of nitrogens with one attached hydrogen (secondary N) is 1. The topological polar surface area (TPSA) is 12.0 Å². The van der Waals surface area contributed by atoms with Crippen molar-refractivity contribution in [2.24, 2.45) is 0 Å². The van der Waals surface area contributed by atoms with Gasteiger partial charge in [-0.1, -0.05) is 13.0 Å². The van der Waals surface area contributed by atoms with Crippen molar-refractivity contribution in [1.29, 1.82) is 0 Å². The van der Waals surface area contributed by atoms with E-state index in [0.29, 0.717) is 0 Å². The third-order valence-electron chi connectivity index (χ3n) is 1.75. The van der Waals surface area contributed by atoms with Crippen LogP contribution in [0.15, 0.2) is 18.2 Å². The van der Waals surface area contributed by atoms with Gasteiger partial charge in [-0.15, -0.1) is 0 Å². The van der Waals surface area contributed by atoms with Crippen LogP contribution in [-0.4, -0.2) is 6.54 Å². The molecule has 0 saturated carbocycles. The lowest BCUT2D eigenvalue weighted by Crippen LogP contribution is -1.99. The van der Waals surface area contributed by atoms with Crippen molar-refractivity contribution < 1.29 is 0 Å². The largest absolute Gasteiger partial charge is 0.385 e. The van der Waals surface area contributed by atoms with Crippen LogP contribution in [0.1, 0.15) is 18.9 Å². The van der Waals surface area contributed by atoms with Crippen LogP contribution in [0.5, 0.6) is 0 Å². The molecule has 12 heavy (non-hydrogen) atoms. The normalized spacial score (nSPS) is 9.92. The molecule has 0 heterocycles. The Morgan fingerprint density at radius 2 is 2.17 bits per heavy atom. The molecule has 0 aliphatic carbocycles. The van der Waals surface area contributed by atoms with Gasteiger partial charge in [-0.05, 0) is 53.6 Å². The Morgan fingerprint density at radius 1 is 1.42 bits per heavy atom. The smallest absolute Gasteiger partial charge is 0.0350 e. The van der Waals surface area contributed by atoms with Gasteiger partial charge >= 0.3 is 0 Å². The number of hydrogen-bond donors (Lipinski definition) is 1. The van der Waals surface area contributed by atoms with Gasteiger partial charge in [0.25, 0.3) is 0 Å². The zero-order valence-electron chi connectivity index (χ0n) is 7.52. The molecule has 1 rings (SSSR count). The molecule has 0 aliphatic rings. The van der Waals surface area contributed by atoms with Crippen LogP contribution in [0.2, 0.25) is 0 Å². The highest BCUT2D eigenvalue weighted by Gasteiger charge is 1.95. The van der Waals surface area contributed by atoms with E-state index in [1.54, 1.807) is 0 Å². The SMILES string of the molecule is CCCNc1ccc(C)c(I)c1. The summed E-state index contributed by atoms with van der Waals surface area (Å²) in [6.45, 7) is 5.36.